The van der Waals surface area contributed by atoms with Crippen molar-refractivity contribution >= 4 is 0 Å². The van der Waals surface area contributed by atoms with E-state index in [1.807, 2.05) is 0 Å². The summed E-state index contributed by atoms with van der Waals surface area (Å²) in [5, 5.41) is 13.7. The summed E-state index contributed by atoms with van der Waals surface area (Å²) >= 11 is 0. The number of rotatable bonds is 6. The van der Waals surface area contributed by atoms with E-state index in [2.05, 4.69) is 35.3 Å². The number of β-amino-alcohol motifs (C(OH)–C–C–N with tert-alkyl or cyclic N) is 1. The van der Waals surface area contributed by atoms with Crippen LogP contribution in [0.4, 0.5) is 0 Å². The summed E-state index contributed by atoms with van der Waals surface area (Å²) in [5.41, 5.74) is 4.40. The molecule has 0 spiro atoms. The minimum Gasteiger partial charge on any atom is -0.389 e. The zero-order valence-corrected chi connectivity index (χ0v) is 14.4. The number of aliphatic hydroxyl groups is 1. The van der Waals surface area contributed by atoms with E-state index < -0.39 is 0 Å². The average molecular weight is 318 g/mol. The Morgan fingerprint density at radius 3 is 2.83 bits per heavy atom. The second kappa shape index (κ2) is 7.75. The van der Waals surface area contributed by atoms with Gasteiger partial charge in [-0.1, -0.05) is 23.8 Å². The first-order chi connectivity index (χ1) is 11.2. The Morgan fingerprint density at radius 1 is 1.30 bits per heavy atom. The molecule has 1 heterocycles. The molecule has 4 heteroatoms. The quantitative estimate of drug-likeness (QED) is 0.842. The Labute approximate surface area is 139 Å². The molecule has 2 atom stereocenters. The summed E-state index contributed by atoms with van der Waals surface area (Å²) in [5.74, 6) is 0. The van der Waals surface area contributed by atoms with E-state index in [-0.39, 0.29) is 6.10 Å². The topological polar surface area (TPSA) is 44.7 Å². The highest BCUT2D eigenvalue weighted by Crippen LogP contribution is 2.32. The zero-order valence-electron chi connectivity index (χ0n) is 14.4. The molecule has 0 radical (unpaired) electrons. The second-order valence-electron chi connectivity index (χ2n) is 7.14. The zero-order chi connectivity index (χ0) is 16.2. The molecule has 2 aliphatic rings. The van der Waals surface area contributed by atoms with Crippen LogP contribution in [0.25, 0.3) is 0 Å². The molecule has 1 aromatic carbocycles. The Bertz CT molecular complexity index is 512. The maximum Gasteiger partial charge on any atom is 0.0900 e. The van der Waals surface area contributed by atoms with Crippen LogP contribution in [-0.2, 0) is 11.2 Å². The van der Waals surface area contributed by atoms with Gasteiger partial charge < -0.3 is 20.1 Å². The van der Waals surface area contributed by atoms with Gasteiger partial charge in [-0.05, 0) is 56.8 Å². The third-order valence-electron chi connectivity index (χ3n) is 5.23. The van der Waals surface area contributed by atoms with Gasteiger partial charge in [0.15, 0.2) is 0 Å². The smallest absolute Gasteiger partial charge is 0.0900 e. The number of likely N-dealkylation sites (tertiary alicyclic amines) is 1. The van der Waals surface area contributed by atoms with E-state index in [9.17, 15) is 5.11 Å². The first-order valence-electron chi connectivity index (χ1n) is 8.90. The Balaban J connectivity index is 1.48. The number of piperidine rings is 1. The van der Waals surface area contributed by atoms with E-state index in [4.69, 9.17) is 4.74 Å². The summed E-state index contributed by atoms with van der Waals surface area (Å²) in [6.07, 6.45) is 4.39. The predicted octanol–water partition coefficient (Wildman–Crippen LogP) is 2.04. The van der Waals surface area contributed by atoms with Crippen LogP contribution in [-0.4, -0.2) is 55.5 Å². The molecule has 2 N–H and O–H groups in total. The highest BCUT2D eigenvalue weighted by Gasteiger charge is 2.27. The number of aryl methyl sites for hydroxylation is 2. The molecule has 1 aromatic rings. The number of hydrogen-bond donors (Lipinski definition) is 2. The van der Waals surface area contributed by atoms with Gasteiger partial charge in [0.2, 0.25) is 0 Å². The van der Waals surface area contributed by atoms with Gasteiger partial charge in [-0.15, -0.1) is 0 Å². The van der Waals surface area contributed by atoms with Crippen molar-refractivity contribution in [3.63, 3.8) is 0 Å². The maximum atomic E-state index is 9.85. The lowest BCUT2D eigenvalue weighted by molar-refractivity contribution is 0.0307. The molecule has 0 amide bonds. The molecule has 128 valence electrons. The lowest BCUT2D eigenvalue weighted by Crippen LogP contribution is -2.46. The van der Waals surface area contributed by atoms with E-state index >= 15 is 0 Å². The predicted molar refractivity (Wildman–Crippen MR) is 92.7 cm³/mol. The van der Waals surface area contributed by atoms with E-state index in [0.29, 0.717) is 18.7 Å². The van der Waals surface area contributed by atoms with Crippen molar-refractivity contribution < 1.29 is 9.84 Å². The number of methoxy groups -OCH3 is 1. The van der Waals surface area contributed by atoms with Crippen molar-refractivity contribution in [2.45, 2.75) is 50.8 Å². The van der Waals surface area contributed by atoms with E-state index in [1.165, 1.54) is 29.5 Å². The molecule has 1 saturated heterocycles. The largest absolute Gasteiger partial charge is 0.389 e. The fourth-order valence-corrected chi connectivity index (χ4v) is 4.00. The van der Waals surface area contributed by atoms with Gasteiger partial charge in [-0.2, -0.15) is 0 Å². The van der Waals surface area contributed by atoms with Crippen molar-refractivity contribution in [1.82, 2.24) is 10.2 Å². The van der Waals surface area contributed by atoms with Crippen LogP contribution in [0, 0.1) is 6.92 Å². The van der Waals surface area contributed by atoms with Crippen LogP contribution in [0.15, 0.2) is 18.2 Å². The Kier molecular flexibility index (Phi) is 5.70. The highest BCUT2D eigenvalue weighted by atomic mass is 16.5. The van der Waals surface area contributed by atoms with Gasteiger partial charge in [-0.3, -0.25) is 0 Å². The van der Waals surface area contributed by atoms with Crippen molar-refractivity contribution in [3.05, 3.63) is 34.9 Å². The molecule has 1 fully saturated rings. The molecule has 23 heavy (non-hydrogen) atoms. The number of aliphatic hydroxyl groups excluding tert-OH is 1. The third kappa shape index (κ3) is 4.32. The number of benzene rings is 1. The van der Waals surface area contributed by atoms with Crippen molar-refractivity contribution in [3.8, 4) is 0 Å². The molecule has 0 saturated carbocycles. The Hall–Kier alpha value is -0.940. The molecular weight excluding hydrogens is 288 g/mol. The van der Waals surface area contributed by atoms with Gasteiger partial charge >= 0.3 is 0 Å². The molecule has 1 aliphatic heterocycles. The minimum absolute atomic E-state index is 0.366. The summed E-state index contributed by atoms with van der Waals surface area (Å²) in [4.78, 5) is 2.36. The molecule has 0 bridgehead atoms. The lowest BCUT2D eigenvalue weighted by atomic mass is 10.0. The molecule has 4 nitrogen and oxygen atoms in total. The molecule has 0 aromatic heterocycles. The number of nitrogens with zero attached hydrogens (tertiary/aromatic N) is 1. The van der Waals surface area contributed by atoms with Crippen LogP contribution in [0.1, 0.15) is 42.0 Å². The first-order valence-corrected chi connectivity index (χ1v) is 8.90. The molecule has 2 unspecified atom stereocenters. The second-order valence-corrected chi connectivity index (χ2v) is 7.14. The fourth-order valence-electron chi connectivity index (χ4n) is 4.00. The van der Waals surface area contributed by atoms with Gasteiger partial charge in [0.25, 0.3) is 0 Å². The van der Waals surface area contributed by atoms with Crippen LogP contribution >= 0.6 is 0 Å². The first kappa shape index (κ1) is 16.9. The summed E-state index contributed by atoms with van der Waals surface area (Å²) in [6.45, 7) is 5.46. The number of fused-ring (bicyclic) bond motifs is 1. The Morgan fingerprint density at radius 2 is 2.09 bits per heavy atom. The monoisotopic (exact) mass is 318 g/mol. The van der Waals surface area contributed by atoms with E-state index in [0.717, 1.165) is 32.5 Å². The van der Waals surface area contributed by atoms with Crippen LogP contribution in [0.3, 0.4) is 0 Å². The summed E-state index contributed by atoms with van der Waals surface area (Å²) < 4.78 is 5.01. The number of ether oxygens (including phenoxy) is 1. The van der Waals surface area contributed by atoms with Crippen molar-refractivity contribution in [2.75, 3.05) is 33.4 Å². The average Bonchev–Trinajstić information content (AvgIpc) is 2.92. The van der Waals surface area contributed by atoms with Gasteiger partial charge in [-0.25, -0.2) is 0 Å². The van der Waals surface area contributed by atoms with Gasteiger partial charge in [0.05, 0.1) is 12.7 Å². The lowest BCUT2D eigenvalue weighted by Gasteiger charge is -2.35. The van der Waals surface area contributed by atoms with Crippen molar-refractivity contribution in [2.24, 2.45) is 0 Å². The SMILES string of the molecule is COCC(O)CN1CCC(NC2CCc3ccc(C)cc32)CC1. The van der Waals surface area contributed by atoms with E-state index in [1.54, 1.807) is 7.11 Å². The van der Waals surface area contributed by atoms with Crippen LogP contribution in [0.5, 0.6) is 0 Å². The molecule has 3 rings (SSSR count). The highest BCUT2D eigenvalue weighted by molar-refractivity contribution is 5.37. The fraction of sp³-hybridized carbons (Fsp3) is 0.684. The normalized spacial score (nSPS) is 23.9. The molecule has 1 aliphatic carbocycles. The maximum absolute atomic E-state index is 9.85. The standard InChI is InChI=1S/C19H30N2O2/c1-14-3-4-15-5-6-19(18(15)11-14)20-16-7-9-21(10-8-16)12-17(22)13-23-2/h3-4,11,16-17,19-20,22H,5-10,12-13H2,1-2H3. The minimum atomic E-state index is -0.366. The molecular formula is C19H30N2O2. The van der Waals surface area contributed by atoms with Crippen molar-refractivity contribution in [1.29, 1.82) is 0 Å². The van der Waals surface area contributed by atoms with Crippen LogP contribution in [0.2, 0.25) is 0 Å². The summed E-state index contributed by atoms with van der Waals surface area (Å²) in [7, 11) is 1.64. The third-order valence-corrected chi connectivity index (χ3v) is 5.23. The van der Waals surface area contributed by atoms with Gasteiger partial charge in [0, 0.05) is 25.7 Å². The number of hydrogen-bond acceptors (Lipinski definition) is 4. The number of nitrogens with one attached hydrogen (secondary N) is 1. The van der Waals surface area contributed by atoms with Crippen LogP contribution < -0.4 is 5.32 Å². The summed E-state index contributed by atoms with van der Waals surface area (Å²) in [6, 6.07) is 8.01. The van der Waals surface area contributed by atoms with Gasteiger partial charge in [0.1, 0.15) is 0 Å².